The van der Waals surface area contributed by atoms with Crippen molar-refractivity contribution in [2.24, 2.45) is 5.92 Å². The molecule has 0 saturated carbocycles. The molecule has 0 bridgehead atoms. The van der Waals surface area contributed by atoms with Crippen LogP contribution in [0.3, 0.4) is 0 Å². The maximum absolute atomic E-state index is 12.7. The Bertz CT molecular complexity index is 861. The molecule has 2 aromatic rings. The minimum absolute atomic E-state index is 0.150. The molecule has 1 saturated heterocycles. The lowest BCUT2D eigenvalue weighted by Crippen LogP contribution is -2.39. The summed E-state index contributed by atoms with van der Waals surface area (Å²) in [7, 11) is 0. The van der Waals surface area contributed by atoms with Crippen molar-refractivity contribution in [1.29, 1.82) is 5.26 Å². The molecule has 5 heteroatoms. The van der Waals surface area contributed by atoms with Crippen molar-refractivity contribution in [2.75, 3.05) is 19.6 Å². The quantitative estimate of drug-likeness (QED) is 0.432. The molecular formula is C24H27N3O2. The summed E-state index contributed by atoms with van der Waals surface area (Å²) < 4.78 is 0. The second-order valence-electron chi connectivity index (χ2n) is 7.47. The fourth-order valence-corrected chi connectivity index (χ4v) is 3.65. The van der Waals surface area contributed by atoms with E-state index in [1.54, 1.807) is 17.0 Å². The van der Waals surface area contributed by atoms with Gasteiger partial charge in [0.1, 0.15) is 17.4 Å². The summed E-state index contributed by atoms with van der Waals surface area (Å²) in [6.45, 7) is 2.01. The van der Waals surface area contributed by atoms with E-state index < -0.39 is 0 Å². The van der Waals surface area contributed by atoms with Crippen LogP contribution in [0.25, 0.3) is 0 Å². The number of hydrogen-bond acceptors (Lipinski definition) is 4. The van der Waals surface area contributed by atoms with E-state index in [4.69, 9.17) is 0 Å². The highest BCUT2D eigenvalue weighted by Gasteiger charge is 2.25. The maximum atomic E-state index is 12.7. The Labute approximate surface area is 172 Å². The molecule has 0 aliphatic carbocycles. The van der Waals surface area contributed by atoms with Crippen LogP contribution >= 0.6 is 0 Å². The number of nitrogens with one attached hydrogen (secondary N) is 1. The van der Waals surface area contributed by atoms with Crippen molar-refractivity contribution >= 4 is 5.91 Å². The average molecular weight is 389 g/mol. The van der Waals surface area contributed by atoms with Crippen molar-refractivity contribution in [3.63, 3.8) is 0 Å². The number of amides is 1. The molecule has 0 spiro atoms. The van der Waals surface area contributed by atoms with E-state index in [-0.39, 0.29) is 17.2 Å². The van der Waals surface area contributed by atoms with Crippen LogP contribution in [-0.4, -0.2) is 35.5 Å². The van der Waals surface area contributed by atoms with Crippen LogP contribution in [0.1, 0.15) is 24.0 Å². The summed E-state index contributed by atoms with van der Waals surface area (Å²) in [5, 5.41) is 21.8. The first-order valence-electron chi connectivity index (χ1n) is 10.1. The van der Waals surface area contributed by atoms with Crippen LogP contribution in [0.5, 0.6) is 5.75 Å². The number of nitrogens with zero attached hydrogens (tertiary/aromatic N) is 2. The van der Waals surface area contributed by atoms with E-state index in [9.17, 15) is 15.2 Å². The SMILES string of the molecule is N#C/C(=C/NCCc1ccc(O)cc1)C(=O)N1CCC(Cc2ccccc2)CC1. The van der Waals surface area contributed by atoms with Crippen LogP contribution in [0.2, 0.25) is 0 Å². The summed E-state index contributed by atoms with van der Waals surface area (Å²) in [5.41, 5.74) is 2.57. The van der Waals surface area contributed by atoms with Crippen LogP contribution < -0.4 is 5.32 Å². The number of phenolic OH excluding ortho intramolecular Hbond substituents is 1. The number of benzene rings is 2. The molecule has 29 heavy (non-hydrogen) atoms. The highest BCUT2D eigenvalue weighted by atomic mass is 16.3. The van der Waals surface area contributed by atoms with Crippen LogP contribution in [0.15, 0.2) is 66.4 Å². The predicted octanol–water partition coefficient (Wildman–Crippen LogP) is 3.41. The lowest BCUT2D eigenvalue weighted by molar-refractivity contribution is -0.128. The summed E-state index contributed by atoms with van der Waals surface area (Å²) in [4.78, 5) is 14.5. The topological polar surface area (TPSA) is 76.4 Å². The molecule has 0 unspecified atom stereocenters. The maximum Gasteiger partial charge on any atom is 0.265 e. The normalized spacial score (nSPS) is 15.0. The largest absolute Gasteiger partial charge is 0.508 e. The number of rotatable bonds is 7. The fourth-order valence-electron chi connectivity index (χ4n) is 3.65. The van der Waals surface area contributed by atoms with Gasteiger partial charge in [0.25, 0.3) is 5.91 Å². The van der Waals surface area contributed by atoms with E-state index in [2.05, 4.69) is 29.6 Å². The zero-order valence-corrected chi connectivity index (χ0v) is 16.6. The standard InChI is InChI=1S/C24H27N3O2/c25-17-22(18-26-13-10-19-6-8-23(28)9-7-19)24(29)27-14-11-21(12-15-27)16-20-4-2-1-3-5-20/h1-9,18,21,26,28H,10-16H2/b22-18-. The molecule has 0 atom stereocenters. The van der Waals surface area contributed by atoms with Gasteiger partial charge in [0, 0.05) is 25.8 Å². The van der Waals surface area contributed by atoms with Gasteiger partial charge in [0.2, 0.25) is 0 Å². The second-order valence-corrected chi connectivity index (χ2v) is 7.47. The van der Waals surface area contributed by atoms with E-state index >= 15 is 0 Å². The summed E-state index contributed by atoms with van der Waals surface area (Å²) >= 11 is 0. The van der Waals surface area contributed by atoms with Gasteiger partial charge in [-0.25, -0.2) is 0 Å². The third kappa shape index (κ3) is 6.11. The third-order valence-corrected chi connectivity index (χ3v) is 5.36. The zero-order chi connectivity index (χ0) is 20.5. The Morgan fingerprint density at radius 3 is 2.45 bits per heavy atom. The van der Waals surface area contributed by atoms with Gasteiger partial charge in [-0.15, -0.1) is 0 Å². The van der Waals surface area contributed by atoms with Gasteiger partial charge in [-0.3, -0.25) is 4.79 Å². The first-order valence-corrected chi connectivity index (χ1v) is 10.1. The summed E-state index contributed by atoms with van der Waals surface area (Å²) in [6.07, 6.45) is 5.25. The molecule has 150 valence electrons. The molecule has 2 aromatic carbocycles. The molecule has 0 radical (unpaired) electrons. The molecule has 1 heterocycles. The molecule has 1 amide bonds. The molecule has 2 N–H and O–H groups in total. The van der Waals surface area contributed by atoms with Crippen LogP contribution in [-0.2, 0) is 17.6 Å². The number of carbonyl (C=O) groups is 1. The van der Waals surface area contributed by atoms with Gasteiger partial charge in [-0.2, -0.15) is 5.26 Å². The van der Waals surface area contributed by atoms with Crippen molar-refractivity contribution in [3.8, 4) is 11.8 Å². The van der Waals surface area contributed by atoms with E-state index in [1.165, 1.54) is 11.8 Å². The van der Waals surface area contributed by atoms with Crippen molar-refractivity contribution in [2.45, 2.75) is 25.7 Å². The monoisotopic (exact) mass is 389 g/mol. The molecule has 1 aliphatic rings. The highest BCUT2D eigenvalue weighted by Crippen LogP contribution is 2.22. The minimum Gasteiger partial charge on any atom is -0.508 e. The van der Waals surface area contributed by atoms with Gasteiger partial charge in [0.15, 0.2) is 0 Å². The number of likely N-dealkylation sites (tertiary alicyclic amines) is 1. The first kappa shape index (κ1) is 20.5. The number of carbonyl (C=O) groups excluding carboxylic acids is 1. The summed E-state index contributed by atoms with van der Waals surface area (Å²) in [6, 6.07) is 19.5. The predicted molar refractivity (Wildman–Crippen MR) is 113 cm³/mol. The van der Waals surface area contributed by atoms with Gasteiger partial charge < -0.3 is 15.3 Å². The minimum atomic E-state index is -0.192. The van der Waals surface area contributed by atoms with E-state index in [0.29, 0.717) is 25.6 Å². The van der Waals surface area contributed by atoms with Crippen molar-refractivity contribution in [3.05, 3.63) is 77.5 Å². The molecule has 1 fully saturated rings. The molecular weight excluding hydrogens is 362 g/mol. The first-order chi connectivity index (χ1) is 14.2. The average Bonchev–Trinajstić information content (AvgIpc) is 2.76. The van der Waals surface area contributed by atoms with Crippen molar-refractivity contribution in [1.82, 2.24) is 10.2 Å². The summed E-state index contributed by atoms with van der Waals surface area (Å²) in [5.74, 6) is 0.633. The molecule has 1 aliphatic heterocycles. The van der Waals surface area contributed by atoms with Gasteiger partial charge in [-0.1, -0.05) is 42.5 Å². The van der Waals surface area contributed by atoms with Crippen molar-refractivity contribution < 1.29 is 9.90 Å². The Morgan fingerprint density at radius 1 is 1.10 bits per heavy atom. The van der Waals surface area contributed by atoms with Crippen LogP contribution in [0, 0.1) is 17.2 Å². The number of hydrogen-bond donors (Lipinski definition) is 2. The number of phenols is 1. The molecule has 5 nitrogen and oxygen atoms in total. The Balaban J connectivity index is 1.45. The lowest BCUT2D eigenvalue weighted by atomic mass is 9.90. The Kier molecular flexibility index (Phi) is 7.29. The molecule has 0 aromatic heterocycles. The smallest absolute Gasteiger partial charge is 0.265 e. The van der Waals surface area contributed by atoms with E-state index in [0.717, 1.165) is 31.2 Å². The third-order valence-electron chi connectivity index (χ3n) is 5.36. The number of aromatic hydroxyl groups is 1. The van der Waals surface area contributed by atoms with Gasteiger partial charge >= 0.3 is 0 Å². The highest BCUT2D eigenvalue weighted by molar-refractivity contribution is 5.97. The second kappa shape index (κ2) is 10.3. The lowest BCUT2D eigenvalue weighted by Gasteiger charge is -2.32. The number of nitriles is 1. The Hall–Kier alpha value is -3.26. The number of piperidine rings is 1. The van der Waals surface area contributed by atoms with E-state index in [1.807, 2.05) is 24.3 Å². The van der Waals surface area contributed by atoms with Crippen LogP contribution in [0.4, 0.5) is 0 Å². The molecule has 3 rings (SSSR count). The zero-order valence-electron chi connectivity index (χ0n) is 16.6. The van der Waals surface area contributed by atoms with Gasteiger partial charge in [-0.05, 0) is 54.9 Å². The van der Waals surface area contributed by atoms with Gasteiger partial charge in [0.05, 0.1) is 0 Å². The fraction of sp³-hybridized carbons (Fsp3) is 0.333. The Morgan fingerprint density at radius 2 is 1.79 bits per heavy atom.